The van der Waals surface area contributed by atoms with Crippen LogP contribution in [0, 0.1) is 12.3 Å². The van der Waals surface area contributed by atoms with Crippen molar-refractivity contribution < 1.29 is 4.79 Å². The molecule has 4 heteroatoms. The molecule has 1 amide bonds. The van der Waals surface area contributed by atoms with Crippen LogP contribution < -0.4 is 10.6 Å². The number of amides is 1. The highest BCUT2D eigenvalue weighted by atomic mass is 32.1. The fourth-order valence-corrected chi connectivity index (χ4v) is 3.56. The number of nitrogens with two attached hydrogens (primary N) is 1. The van der Waals surface area contributed by atoms with Crippen molar-refractivity contribution in [3.05, 3.63) is 29.8 Å². The zero-order valence-corrected chi connectivity index (χ0v) is 13.7. The van der Waals surface area contributed by atoms with Crippen LogP contribution in [0.5, 0.6) is 0 Å². The van der Waals surface area contributed by atoms with E-state index in [2.05, 4.69) is 0 Å². The Kier molecular flexibility index (Phi) is 4.99. The van der Waals surface area contributed by atoms with E-state index in [1.54, 1.807) is 4.90 Å². The average molecular weight is 304 g/mol. The minimum Gasteiger partial charge on any atom is -0.392 e. The highest BCUT2D eigenvalue weighted by Gasteiger charge is 2.43. The number of anilines is 1. The lowest BCUT2D eigenvalue weighted by atomic mass is 9.78. The Morgan fingerprint density at radius 1 is 1.19 bits per heavy atom. The van der Waals surface area contributed by atoms with E-state index in [4.69, 9.17) is 18.0 Å². The molecule has 0 heterocycles. The van der Waals surface area contributed by atoms with E-state index in [-0.39, 0.29) is 5.91 Å². The van der Waals surface area contributed by atoms with Gasteiger partial charge < -0.3 is 10.6 Å². The van der Waals surface area contributed by atoms with Gasteiger partial charge in [0.2, 0.25) is 5.91 Å². The van der Waals surface area contributed by atoms with Crippen LogP contribution in [0.15, 0.2) is 24.3 Å². The third kappa shape index (κ3) is 3.10. The molecule has 0 aromatic heterocycles. The average Bonchev–Trinajstić information content (AvgIpc) is 2.73. The van der Waals surface area contributed by atoms with E-state index in [0.29, 0.717) is 4.99 Å². The summed E-state index contributed by atoms with van der Waals surface area (Å²) >= 11 is 5.30. The molecule has 0 atom stereocenters. The van der Waals surface area contributed by atoms with E-state index in [9.17, 15) is 4.79 Å². The Morgan fingerprint density at radius 3 is 2.29 bits per heavy atom. The molecular formula is C17H24N2OS. The third-order valence-electron chi connectivity index (χ3n) is 4.62. The summed E-state index contributed by atoms with van der Waals surface area (Å²) in [5, 5.41) is 0. The number of carbonyl (C=O) groups is 1. The Labute approximate surface area is 132 Å². The maximum atomic E-state index is 13.1. The number of benzene rings is 1. The van der Waals surface area contributed by atoms with Gasteiger partial charge in [-0.3, -0.25) is 4.79 Å². The second-order valence-electron chi connectivity index (χ2n) is 6.01. The second kappa shape index (κ2) is 6.56. The standard InChI is InChI=1S/C17H24N2OS/c1-13-9-5-6-10-14(13)19(2)16(20)17(15(18)21)11-7-3-4-8-12-17/h5-6,9-10H,3-4,7-8,11-12H2,1-2H3,(H2,18,21). The summed E-state index contributed by atoms with van der Waals surface area (Å²) in [6.45, 7) is 2.01. The predicted molar refractivity (Wildman–Crippen MR) is 91.5 cm³/mol. The van der Waals surface area contributed by atoms with Crippen molar-refractivity contribution in [2.45, 2.75) is 45.4 Å². The summed E-state index contributed by atoms with van der Waals surface area (Å²) in [4.78, 5) is 15.2. The fraction of sp³-hybridized carbons (Fsp3) is 0.529. The minimum absolute atomic E-state index is 0.0474. The van der Waals surface area contributed by atoms with Gasteiger partial charge in [-0.15, -0.1) is 0 Å². The molecule has 1 saturated carbocycles. The van der Waals surface area contributed by atoms with Crippen LogP contribution in [0.4, 0.5) is 5.69 Å². The van der Waals surface area contributed by atoms with Crippen LogP contribution in [0.2, 0.25) is 0 Å². The van der Waals surface area contributed by atoms with Gasteiger partial charge in [-0.1, -0.05) is 56.1 Å². The summed E-state index contributed by atoms with van der Waals surface area (Å²) < 4.78 is 0. The number of nitrogens with zero attached hydrogens (tertiary/aromatic N) is 1. The Hall–Kier alpha value is -1.42. The smallest absolute Gasteiger partial charge is 0.239 e. The summed E-state index contributed by atoms with van der Waals surface area (Å²) in [5.74, 6) is 0.0474. The molecule has 2 N–H and O–H groups in total. The van der Waals surface area contributed by atoms with Gasteiger partial charge in [0.25, 0.3) is 0 Å². The highest BCUT2D eigenvalue weighted by Crippen LogP contribution is 2.38. The van der Waals surface area contributed by atoms with E-state index in [1.165, 1.54) is 0 Å². The number of hydrogen-bond acceptors (Lipinski definition) is 2. The van der Waals surface area contributed by atoms with Crippen LogP contribution in [0.25, 0.3) is 0 Å². The molecule has 1 aliphatic rings. The number of aryl methyl sites for hydroxylation is 1. The van der Waals surface area contributed by atoms with E-state index >= 15 is 0 Å². The number of para-hydroxylation sites is 1. The lowest BCUT2D eigenvalue weighted by Crippen LogP contribution is -2.49. The number of hydrogen-bond donors (Lipinski definition) is 1. The van der Waals surface area contributed by atoms with Crippen molar-refractivity contribution in [1.29, 1.82) is 0 Å². The van der Waals surface area contributed by atoms with Gasteiger partial charge in [-0.05, 0) is 31.4 Å². The van der Waals surface area contributed by atoms with Gasteiger partial charge in [0.05, 0.1) is 10.4 Å². The monoisotopic (exact) mass is 304 g/mol. The molecular weight excluding hydrogens is 280 g/mol. The summed E-state index contributed by atoms with van der Waals surface area (Å²) in [6, 6.07) is 7.91. The third-order valence-corrected chi connectivity index (χ3v) is 5.01. The van der Waals surface area contributed by atoms with Crippen LogP contribution in [0.3, 0.4) is 0 Å². The molecule has 1 fully saturated rings. The maximum absolute atomic E-state index is 13.1. The lowest BCUT2D eigenvalue weighted by molar-refractivity contribution is -0.125. The van der Waals surface area contributed by atoms with Gasteiger partial charge >= 0.3 is 0 Å². The van der Waals surface area contributed by atoms with Crippen molar-refractivity contribution in [2.24, 2.45) is 11.1 Å². The number of thiocarbonyl (C=S) groups is 1. The van der Waals surface area contributed by atoms with E-state index in [1.807, 2.05) is 38.2 Å². The summed E-state index contributed by atoms with van der Waals surface area (Å²) in [7, 11) is 1.83. The van der Waals surface area contributed by atoms with Crippen molar-refractivity contribution in [3.8, 4) is 0 Å². The molecule has 114 valence electrons. The first kappa shape index (κ1) is 16.0. The highest BCUT2D eigenvalue weighted by molar-refractivity contribution is 7.80. The predicted octanol–water partition coefficient (Wildman–Crippen LogP) is 3.58. The van der Waals surface area contributed by atoms with Gasteiger partial charge in [0, 0.05) is 12.7 Å². The van der Waals surface area contributed by atoms with Gasteiger partial charge in [0.15, 0.2) is 0 Å². The molecule has 0 radical (unpaired) electrons. The molecule has 0 unspecified atom stereocenters. The number of carbonyl (C=O) groups excluding carboxylic acids is 1. The topological polar surface area (TPSA) is 46.3 Å². The zero-order chi connectivity index (χ0) is 15.5. The molecule has 21 heavy (non-hydrogen) atoms. The first-order valence-electron chi connectivity index (χ1n) is 7.63. The first-order chi connectivity index (χ1) is 9.99. The molecule has 2 rings (SSSR count). The van der Waals surface area contributed by atoms with Crippen LogP contribution >= 0.6 is 12.2 Å². The van der Waals surface area contributed by atoms with Gasteiger partial charge in [0.1, 0.15) is 0 Å². The van der Waals surface area contributed by atoms with E-state index in [0.717, 1.165) is 49.8 Å². The van der Waals surface area contributed by atoms with Gasteiger partial charge in [-0.25, -0.2) is 0 Å². The van der Waals surface area contributed by atoms with Crippen LogP contribution in [0.1, 0.15) is 44.1 Å². The Morgan fingerprint density at radius 2 is 1.76 bits per heavy atom. The molecule has 0 bridgehead atoms. The van der Waals surface area contributed by atoms with Gasteiger partial charge in [-0.2, -0.15) is 0 Å². The summed E-state index contributed by atoms with van der Waals surface area (Å²) in [5.41, 5.74) is 7.36. The molecule has 0 spiro atoms. The van der Waals surface area contributed by atoms with Crippen molar-refractivity contribution >= 4 is 28.8 Å². The Bertz CT molecular complexity index is 533. The first-order valence-corrected chi connectivity index (χ1v) is 8.03. The molecule has 3 nitrogen and oxygen atoms in total. The SMILES string of the molecule is Cc1ccccc1N(C)C(=O)C1(C(N)=S)CCCCCC1. The largest absolute Gasteiger partial charge is 0.392 e. The zero-order valence-electron chi connectivity index (χ0n) is 12.9. The molecule has 0 aliphatic heterocycles. The van der Waals surface area contributed by atoms with Crippen molar-refractivity contribution in [1.82, 2.24) is 0 Å². The Balaban J connectivity index is 2.34. The minimum atomic E-state index is -0.664. The van der Waals surface area contributed by atoms with E-state index < -0.39 is 5.41 Å². The fourth-order valence-electron chi connectivity index (χ4n) is 3.27. The normalized spacial score (nSPS) is 17.8. The maximum Gasteiger partial charge on any atom is 0.239 e. The lowest BCUT2D eigenvalue weighted by Gasteiger charge is -2.34. The molecule has 1 aromatic rings. The molecule has 1 aromatic carbocycles. The molecule has 1 aliphatic carbocycles. The van der Waals surface area contributed by atoms with Crippen molar-refractivity contribution in [3.63, 3.8) is 0 Å². The number of rotatable bonds is 3. The van der Waals surface area contributed by atoms with Crippen LogP contribution in [-0.2, 0) is 4.79 Å². The quantitative estimate of drug-likeness (QED) is 0.686. The molecule has 0 saturated heterocycles. The second-order valence-corrected chi connectivity index (χ2v) is 6.45. The van der Waals surface area contributed by atoms with Crippen molar-refractivity contribution in [2.75, 3.05) is 11.9 Å². The van der Waals surface area contributed by atoms with Crippen LogP contribution in [-0.4, -0.2) is 17.9 Å². The summed E-state index contributed by atoms with van der Waals surface area (Å²) in [6.07, 6.45) is 5.90.